The van der Waals surface area contributed by atoms with Gasteiger partial charge in [-0.1, -0.05) is 44.6 Å². The van der Waals surface area contributed by atoms with E-state index in [0.717, 1.165) is 0 Å². The van der Waals surface area contributed by atoms with Crippen LogP contribution in [0.15, 0.2) is 23.8 Å². The second-order valence-corrected chi connectivity index (χ2v) is 3.72. The lowest BCUT2D eigenvalue weighted by atomic mass is 9.77. The molecule has 0 bridgehead atoms. The van der Waals surface area contributed by atoms with Crippen LogP contribution in [0.25, 0.3) is 0 Å². The minimum atomic E-state index is 0.445. The van der Waals surface area contributed by atoms with E-state index in [2.05, 4.69) is 39.0 Å². The van der Waals surface area contributed by atoms with Crippen molar-refractivity contribution in [3.05, 3.63) is 23.8 Å². The van der Waals surface area contributed by atoms with Crippen LogP contribution in [-0.4, -0.2) is 0 Å². The van der Waals surface area contributed by atoms with Gasteiger partial charge in [-0.25, -0.2) is 0 Å². The quantitative estimate of drug-likeness (QED) is 0.563. The van der Waals surface area contributed by atoms with Crippen molar-refractivity contribution in [2.75, 3.05) is 0 Å². The summed E-state index contributed by atoms with van der Waals surface area (Å²) in [7, 11) is 0. The Labute approximate surface area is 70.0 Å². The first kappa shape index (κ1) is 8.58. The lowest BCUT2D eigenvalue weighted by molar-refractivity contribution is 0.399. The average Bonchev–Trinajstić information content (AvgIpc) is 2.05. The van der Waals surface area contributed by atoms with Crippen molar-refractivity contribution in [3.63, 3.8) is 0 Å². The first-order valence-electron chi connectivity index (χ1n) is 4.57. The fourth-order valence-electron chi connectivity index (χ4n) is 1.54. The second-order valence-electron chi connectivity index (χ2n) is 3.72. The fourth-order valence-corrected chi connectivity index (χ4v) is 1.54. The van der Waals surface area contributed by atoms with E-state index in [4.69, 9.17) is 0 Å². The van der Waals surface area contributed by atoms with Crippen LogP contribution in [0.1, 0.15) is 40.0 Å². The Morgan fingerprint density at radius 3 is 2.73 bits per heavy atom. The Morgan fingerprint density at radius 2 is 2.18 bits per heavy atom. The Kier molecular flexibility index (Phi) is 2.53. The zero-order valence-corrected chi connectivity index (χ0v) is 7.85. The molecule has 62 valence electrons. The van der Waals surface area contributed by atoms with Crippen molar-refractivity contribution in [1.82, 2.24) is 0 Å². The summed E-state index contributed by atoms with van der Waals surface area (Å²) in [6.45, 7) is 6.84. The third-order valence-corrected chi connectivity index (χ3v) is 2.72. The maximum absolute atomic E-state index is 2.34. The van der Waals surface area contributed by atoms with Gasteiger partial charge in [0.05, 0.1) is 0 Å². The molecule has 0 radical (unpaired) electrons. The molecular weight excluding hydrogens is 132 g/mol. The van der Waals surface area contributed by atoms with Crippen LogP contribution in [0, 0.1) is 5.41 Å². The Balaban J connectivity index is 2.68. The summed E-state index contributed by atoms with van der Waals surface area (Å²) < 4.78 is 0. The predicted octanol–water partition coefficient (Wildman–Crippen LogP) is 3.70. The Bertz CT molecular complexity index is 186. The molecule has 1 aliphatic rings. The lowest BCUT2D eigenvalue weighted by Gasteiger charge is -2.27. The maximum atomic E-state index is 2.34. The number of rotatable bonds is 2. The van der Waals surface area contributed by atoms with Gasteiger partial charge in [-0.15, -0.1) is 0 Å². The van der Waals surface area contributed by atoms with Gasteiger partial charge in [0.1, 0.15) is 0 Å². The van der Waals surface area contributed by atoms with Gasteiger partial charge in [-0.3, -0.25) is 0 Å². The molecule has 0 saturated carbocycles. The van der Waals surface area contributed by atoms with E-state index in [9.17, 15) is 0 Å². The third-order valence-electron chi connectivity index (χ3n) is 2.72. The minimum absolute atomic E-state index is 0.445. The van der Waals surface area contributed by atoms with Gasteiger partial charge in [0.25, 0.3) is 0 Å². The molecule has 0 amide bonds. The topological polar surface area (TPSA) is 0 Å². The molecule has 0 heterocycles. The highest BCUT2D eigenvalue weighted by molar-refractivity contribution is 5.22. The first-order valence-corrected chi connectivity index (χ1v) is 4.57. The van der Waals surface area contributed by atoms with Crippen molar-refractivity contribution in [2.24, 2.45) is 5.41 Å². The van der Waals surface area contributed by atoms with E-state index in [1.54, 1.807) is 5.57 Å². The Hall–Kier alpha value is -0.520. The summed E-state index contributed by atoms with van der Waals surface area (Å²) in [5, 5.41) is 0. The molecular formula is C11H18. The van der Waals surface area contributed by atoms with E-state index in [0.29, 0.717) is 5.41 Å². The van der Waals surface area contributed by atoms with Gasteiger partial charge in [0.2, 0.25) is 0 Å². The molecule has 0 saturated heterocycles. The number of hydrogen-bond donors (Lipinski definition) is 0. The van der Waals surface area contributed by atoms with Crippen LogP contribution in [0.4, 0.5) is 0 Å². The second kappa shape index (κ2) is 3.25. The fraction of sp³-hybridized carbons (Fsp3) is 0.636. The van der Waals surface area contributed by atoms with Crippen molar-refractivity contribution in [2.45, 2.75) is 40.0 Å². The summed E-state index contributed by atoms with van der Waals surface area (Å²) >= 11 is 0. The van der Waals surface area contributed by atoms with Crippen LogP contribution in [0.2, 0.25) is 0 Å². The van der Waals surface area contributed by atoms with Crippen molar-refractivity contribution in [3.8, 4) is 0 Å². The summed E-state index contributed by atoms with van der Waals surface area (Å²) in [5.41, 5.74) is 2.04. The van der Waals surface area contributed by atoms with Crippen LogP contribution in [0.5, 0.6) is 0 Å². The van der Waals surface area contributed by atoms with E-state index in [1.807, 2.05) is 0 Å². The highest BCUT2D eigenvalue weighted by Gasteiger charge is 2.21. The third kappa shape index (κ3) is 1.95. The molecule has 0 spiro atoms. The smallest absolute Gasteiger partial charge is 0.0109 e. The van der Waals surface area contributed by atoms with Crippen LogP contribution >= 0.6 is 0 Å². The van der Waals surface area contributed by atoms with Crippen molar-refractivity contribution < 1.29 is 0 Å². The predicted molar refractivity (Wildman–Crippen MR) is 50.5 cm³/mol. The summed E-state index contributed by atoms with van der Waals surface area (Å²) in [5.74, 6) is 0. The molecule has 0 aromatic heterocycles. The normalized spacial score (nSPS) is 30.3. The van der Waals surface area contributed by atoms with Crippen LogP contribution < -0.4 is 0 Å². The van der Waals surface area contributed by atoms with E-state index in [1.165, 1.54) is 19.3 Å². The van der Waals surface area contributed by atoms with E-state index >= 15 is 0 Å². The van der Waals surface area contributed by atoms with Gasteiger partial charge in [-0.2, -0.15) is 0 Å². The van der Waals surface area contributed by atoms with Gasteiger partial charge in [-0.05, 0) is 24.7 Å². The summed E-state index contributed by atoms with van der Waals surface area (Å²) in [4.78, 5) is 0. The van der Waals surface area contributed by atoms with Gasteiger partial charge in [0, 0.05) is 0 Å². The zero-order valence-electron chi connectivity index (χ0n) is 7.85. The minimum Gasteiger partial charge on any atom is -0.0783 e. The molecule has 0 nitrogen and oxygen atoms in total. The molecule has 0 aliphatic heterocycles. The number of allylic oxidation sites excluding steroid dienone is 4. The SMILES string of the molecule is CCC1=CC=CC(C)(CC)C1. The molecule has 1 aliphatic carbocycles. The van der Waals surface area contributed by atoms with E-state index in [-0.39, 0.29) is 0 Å². The van der Waals surface area contributed by atoms with Crippen LogP contribution in [-0.2, 0) is 0 Å². The molecule has 1 atom stereocenters. The van der Waals surface area contributed by atoms with E-state index < -0.39 is 0 Å². The largest absolute Gasteiger partial charge is 0.0783 e. The molecule has 0 fully saturated rings. The molecule has 1 unspecified atom stereocenters. The summed E-state index contributed by atoms with van der Waals surface area (Å²) in [6, 6.07) is 0. The standard InChI is InChI=1S/C11H18/c1-4-10-7-6-8-11(3,5-2)9-10/h6-8H,4-5,9H2,1-3H3. The molecule has 11 heavy (non-hydrogen) atoms. The summed E-state index contributed by atoms with van der Waals surface area (Å²) in [6.07, 6.45) is 10.5. The zero-order chi connectivity index (χ0) is 8.32. The highest BCUT2D eigenvalue weighted by atomic mass is 14.3. The molecule has 1 rings (SSSR count). The molecule has 0 N–H and O–H groups in total. The Morgan fingerprint density at radius 1 is 1.45 bits per heavy atom. The van der Waals surface area contributed by atoms with Gasteiger partial charge in [0.15, 0.2) is 0 Å². The lowest BCUT2D eigenvalue weighted by Crippen LogP contribution is -2.14. The average molecular weight is 150 g/mol. The van der Waals surface area contributed by atoms with Crippen molar-refractivity contribution >= 4 is 0 Å². The first-order chi connectivity index (χ1) is 5.20. The van der Waals surface area contributed by atoms with Gasteiger partial charge < -0.3 is 0 Å². The van der Waals surface area contributed by atoms with Crippen LogP contribution in [0.3, 0.4) is 0 Å². The van der Waals surface area contributed by atoms with Gasteiger partial charge >= 0.3 is 0 Å². The molecule has 0 heteroatoms. The molecule has 0 aromatic carbocycles. The van der Waals surface area contributed by atoms with Crippen molar-refractivity contribution in [1.29, 1.82) is 0 Å². The monoisotopic (exact) mass is 150 g/mol. The highest BCUT2D eigenvalue weighted by Crippen LogP contribution is 2.34. The maximum Gasteiger partial charge on any atom is -0.0109 e. The molecule has 0 aromatic rings. The number of hydrogen-bond acceptors (Lipinski definition) is 0.